The van der Waals surface area contributed by atoms with E-state index in [0.717, 1.165) is 48.5 Å². The van der Waals surface area contributed by atoms with Crippen LogP contribution in [0.3, 0.4) is 0 Å². The van der Waals surface area contributed by atoms with Gasteiger partial charge in [-0.25, -0.2) is 4.98 Å². The Balaban J connectivity index is 1.28. The molecule has 3 aromatic rings. The van der Waals surface area contributed by atoms with Crippen molar-refractivity contribution < 1.29 is 9.21 Å². The lowest BCUT2D eigenvalue weighted by Crippen LogP contribution is -2.41. The molecule has 4 rings (SSSR count). The number of likely N-dealkylation sites (tertiary alicyclic amines) is 1. The van der Waals surface area contributed by atoms with Crippen molar-refractivity contribution in [1.29, 1.82) is 0 Å². The lowest BCUT2D eigenvalue weighted by molar-refractivity contribution is -0.123. The molecule has 1 saturated heterocycles. The molecule has 0 aliphatic carbocycles. The molecule has 1 aliphatic rings. The number of hydrogen-bond donors (Lipinski definition) is 1. The van der Waals surface area contributed by atoms with Crippen molar-refractivity contribution in [2.45, 2.75) is 45.6 Å². The summed E-state index contributed by atoms with van der Waals surface area (Å²) in [5, 5.41) is 3.14. The Bertz CT molecular complexity index is 969. The van der Waals surface area contributed by atoms with Crippen molar-refractivity contribution >= 4 is 17.0 Å². The highest BCUT2D eigenvalue weighted by atomic mass is 16.3. The molecule has 2 heterocycles. The number of fused-ring (bicyclic) bond motifs is 1. The van der Waals surface area contributed by atoms with Gasteiger partial charge in [0.25, 0.3) is 0 Å². The number of amides is 1. The number of rotatable bonds is 5. The number of carbonyl (C=O) groups excluding carboxylic acids is 1. The highest BCUT2D eigenvalue weighted by Gasteiger charge is 2.26. The Morgan fingerprint density at radius 3 is 2.66 bits per heavy atom. The molecule has 1 amide bonds. The minimum atomic E-state index is 0.0130. The van der Waals surface area contributed by atoms with E-state index in [0.29, 0.717) is 12.5 Å². The highest BCUT2D eigenvalue weighted by Crippen LogP contribution is 2.29. The van der Waals surface area contributed by atoms with Gasteiger partial charge in [-0.05, 0) is 75.5 Å². The fourth-order valence-electron chi connectivity index (χ4n) is 4.01. The molecule has 1 fully saturated rings. The molecule has 29 heavy (non-hydrogen) atoms. The van der Waals surface area contributed by atoms with E-state index in [1.54, 1.807) is 0 Å². The topological polar surface area (TPSA) is 58.4 Å². The van der Waals surface area contributed by atoms with Gasteiger partial charge in [0, 0.05) is 5.92 Å². The fraction of sp³-hybridized carbons (Fsp3) is 0.417. The Hall–Kier alpha value is -2.66. The predicted molar refractivity (Wildman–Crippen MR) is 115 cm³/mol. The molecule has 2 aromatic carbocycles. The fourth-order valence-corrected chi connectivity index (χ4v) is 4.01. The molecule has 1 N–H and O–H groups in total. The number of hydrogen-bond acceptors (Lipinski definition) is 4. The van der Waals surface area contributed by atoms with Crippen LogP contribution in [0.1, 0.15) is 54.3 Å². The normalized spacial score (nSPS) is 16.8. The van der Waals surface area contributed by atoms with Gasteiger partial charge in [-0.3, -0.25) is 9.69 Å². The number of aryl methyl sites for hydroxylation is 2. The van der Waals surface area contributed by atoms with E-state index < -0.39 is 0 Å². The van der Waals surface area contributed by atoms with Crippen LogP contribution in [-0.2, 0) is 4.79 Å². The van der Waals surface area contributed by atoms with Crippen LogP contribution in [0.5, 0.6) is 0 Å². The number of aromatic nitrogens is 1. The van der Waals surface area contributed by atoms with Crippen molar-refractivity contribution in [3.05, 3.63) is 65.0 Å². The molecule has 1 atom stereocenters. The van der Waals surface area contributed by atoms with E-state index >= 15 is 0 Å². The Morgan fingerprint density at radius 1 is 1.17 bits per heavy atom. The van der Waals surface area contributed by atoms with Crippen molar-refractivity contribution in [2.75, 3.05) is 19.6 Å². The molecule has 0 bridgehead atoms. The first-order chi connectivity index (χ1) is 14.0. The third-order valence-corrected chi connectivity index (χ3v) is 6.02. The molecule has 0 saturated carbocycles. The van der Waals surface area contributed by atoms with Gasteiger partial charge in [-0.15, -0.1) is 0 Å². The first kappa shape index (κ1) is 19.6. The van der Waals surface area contributed by atoms with Gasteiger partial charge in [0.2, 0.25) is 5.91 Å². The third kappa shape index (κ3) is 4.51. The zero-order valence-electron chi connectivity index (χ0n) is 17.4. The second-order valence-corrected chi connectivity index (χ2v) is 8.20. The van der Waals surface area contributed by atoms with Crippen molar-refractivity contribution in [2.24, 2.45) is 0 Å². The highest BCUT2D eigenvalue weighted by molar-refractivity contribution is 5.78. The average Bonchev–Trinajstić information content (AvgIpc) is 3.14. The van der Waals surface area contributed by atoms with Gasteiger partial charge < -0.3 is 9.73 Å². The van der Waals surface area contributed by atoms with E-state index in [-0.39, 0.29) is 11.9 Å². The minimum absolute atomic E-state index is 0.0130. The molecule has 5 nitrogen and oxygen atoms in total. The average molecular weight is 392 g/mol. The number of para-hydroxylation sites is 2. The number of benzene rings is 2. The second kappa shape index (κ2) is 8.37. The molecule has 1 aliphatic heterocycles. The van der Waals surface area contributed by atoms with Gasteiger partial charge in [0.1, 0.15) is 5.52 Å². The number of nitrogens with one attached hydrogen (secondary N) is 1. The van der Waals surface area contributed by atoms with Gasteiger partial charge in [-0.2, -0.15) is 0 Å². The van der Waals surface area contributed by atoms with E-state index in [1.807, 2.05) is 31.2 Å². The zero-order chi connectivity index (χ0) is 20.4. The standard InChI is InChI=1S/C24H29N3O2/c1-16-8-9-20(14-17(16)2)18(3)25-23(28)15-27-12-10-19(11-13-27)24-26-21-6-4-5-7-22(21)29-24/h4-9,14,18-19H,10-13,15H2,1-3H3,(H,25,28). The van der Waals surface area contributed by atoms with Crippen LogP contribution in [0.25, 0.3) is 11.1 Å². The maximum Gasteiger partial charge on any atom is 0.234 e. The largest absolute Gasteiger partial charge is 0.440 e. The van der Waals surface area contributed by atoms with E-state index in [2.05, 4.69) is 47.2 Å². The van der Waals surface area contributed by atoms with Crippen molar-refractivity contribution in [3.63, 3.8) is 0 Å². The maximum atomic E-state index is 12.5. The lowest BCUT2D eigenvalue weighted by atomic mass is 9.97. The van der Waals surface area contributed by atoms with Gasteiger partial charge in [0.15, 0.2) is 11.5 Å². The summed E-state index contributed by atoms with van der Waals surface area (Å²) in [6.07, 6.45) is 1.93. The SMILES string of the molecule is Cc1ccc(C(C)NC(=O)CN2CCC(c3nc4ccccc4o3)CC2)cc1C. The van der Waals surface area contributed by atoms with E-state index in [9.17, 15) is 4.79 Å². The molecular weight excluding hydrogens is 362 g/mol. The minimum Gasteiger partial charge on any atom is -0.440 e. The maximum absolute atomic E-state index is 12.5. The predicted octanol–water partition coefficient (Wildman–Crippen LogP) is 4.50. The van der Waals surface area contributed by atoms with Crippen molar-refractivity contribution in [1.82, 2.24) is 15.2 Å². The number of nitrogens with zero attached hydrogens (tertiary/aromatic N) is 2. The first-order valence-electron chi connectivity index (χ1n) is 10.4. The second-order valence-electron chi connectivity index (χ2n) is 8.20. The van der Waals surface area contributed by atoms with E-state index in [1.165, 1.54) is 11.1 Å². The first-order valence-corrected chi connectivity index (χ1v) is 10.4. The summed E-state index contributed by atoms with van der Waals surface area (Å²) in [7, 11) is 0. The molecule has 0 radical (unpaired) electrons. The third-order valence-electron chi connectivity index (χ3n) is 6.02. The zero-order valence-corrected chi connectivity index (χ0v) is 17.4. The van der Waals surface area contributed by atoms with Crippen LogP contribution < -0.4 is 5.32 Å². The molecular formula is C24H29N3O2. The molecule has 152 valence electrons. The lowest BCUT2D eigenvalue weighted by Gasteiger charge is -2.30. The van der Waals surface area contributed by atoms with Crippen LogP contribution in [-0.4, -0.2) is 35.4 Å². The van der Waals surface area contributed by atoms with E-state index in [4.69, 9.17) is 4.42 Å². The molecule has 0 spiro atoms. The van der Waals surface area contributed by atoms with Gasteiger partial charge in [-0.1, -0.05) is 30.3 Å². The van der Waals surface area contributed by atoms with Crippen LogP contribution in [0.4, 0.5) is 0 Å². The Labute approximate surface area is 172 Å². The Kier molecular flexibility index (Phi) is 5.67. The summed E-state index contributed by atoms with van der Waals surface area (Å²) in [6.45, 7) is 8.46. The van der Waals surface area contributed by atoms with Crippen molar-refractivity contribution in [3.8, 4) is 0 Å². The van der Waals surface area contributed by atoms with Gasteiger partial charge >= 0.3 is 0 Å². The summed E-state index contributed by atoms with van der Waals surface area (Å²) in [5.74, 6) is 1.24. The summed E-state index contributed by atoms with van der Waals surface area (Å²) in [4.78, 5) is 19.4. The number of piperidine rings is 1. The van der Waals surface area contributed by atoms with Crippen LogP contribution in [0, 0.1) is 13.8 Å². The number of carbonyl (C=O) groups is 1. The summed E-state index contributed by atoms with van der Waals surface area (Å²) >= 11 is 0. The number of oxazole rings is 1. The molecule has 5 heteroatoms. The van der Waals surface area contributed by atoms with Crippen LogP contribution in [0.15, 0.2) is 46.9 Å². The molecule has 1 aromatic heterocycles. The van der Waals surface area contributed by atoms with Gasteiger partial charge in [0.05, 0.1) is 12.6 Å². The smallest absolute Gasteiger partial charge is 0.234 e. The Morgan fingerprint density at radius 2 is 1.93 bits per heavy atom. The molecule has 1 unspecified atom stereocenters. The van der Waals surface area contributed by atoms with Crippen LogP contribution in [0.2, 0.25) is 0 Å². The monoisotopic (exact) mass is 391 g/mol. The summed E-state index contributed by atoms with van der Waals surface area (Å²) < 4.78 is 5.93. The summed E-state index contributed by atoms with van der Waals surface area (Å²) in [6, 6.07) is 14.3. The quantitative estimate of drug-likeness (QED) is 0.696. The summed E-state index contributed by atoms with van der Waals surface area (Å²) in [5.41, 5.74) is 5.45. The van der Waals surface area contributed by atoms with Crippen LogP contribution >= 0.6 is 0 Å².